The van der Waals surface area contributed by atoms with Gasteiger partial charge in [0.1, 0.15) is 10.7 Å². The number of fused-ring (bicyclic) bond motifs is 3. The van der Waals surface area contributed by atoms with Crippen LogP contribution >= 0.6 is 0 Å². The van der Waals surface area contributed by atoms with Crippen molar-refractivity contribution in [3.05, 3.63) is 53.6 Å². The minimum absolute atomic E-state index is 0.106. The Labute approximate surface area is 171 Å². The second kappa shape index (κ2) is 7.99. The molecule has 1 amide bonds. The molecule has 2 aromatic rings. The van der Waals surface area contributed by atoms with Crippen molar-refractivity contribution in [2.24, 2.45) is 4.40 Å². The lowest BCUT2D eigenvalue weighted by atomic mass is 10.1. The van der Waals surface area contributed by atoms with E-state index >= 15 is 0 Å². The Balaban J connectivity index is 1.60. The molecule has 1 N–H and O–H groups in total. The Morgan fingerprint density at radius 2 is 1.90 bits per heavy atom. The molecule has 29 heavy (non-hydrogen) atoms. The molecule has 0 aromatic heterocycles. The topological polar surface area (TPSA) is 78.8 Å². The number of carbonyl (C=O) groups is 1. The molecular weight excluding hydrogens is 386 g/mol. The van der Waals surface area contributed by atoms with E-state index in [0.29, 0.717) is 29.2 Å². The van der Waals surface area contributed by atoms with Crippen LogP contribution in [0.4, 0.5) is 11.4 Å². The molecule has 1 fully saturated rings. The van der Waals surface area contributed by atoms with E-state index in [4.69, 9.17) is 0 Å². The average molecular weight is 412 g/mol. The van der Waals surface area contributed by atoms with Crippen LogP contribution in [0.25, 0.3) is 0 Å². The molecule has 4 rings (SSSR count). The summed E-state index contributed by atoms with van der Waals surface area (Å²) < 4.78 is 29.5. The number of hydrogen-bond acceptors (Lipinski definition) is 4. The molecule has 2 aliphatic rings. The highest BCUT2D eigenvalue weighted by Crippen LogP contribution is 2.35. The molecule has 1 saturated heterocycles. The zero-order chi connectivity index (χ0) is 20.4. The fourth-order valence-electron chi connectivity index (χ4n) is 3.87. The number of nitrogens with zero attached hydrogens (tertiary/aromatic N) is 2. The van der Waals surface area contributed by atoms with Crippen molar-refractivity contribution in [3.8, 4) is 0 Å². The molecule has 0 bridgehead atoms. The Hall–Kier alpha value is -2.67. The number of amides is 1. The molecule has 2 aromatic carbocycles. The van der Waals surface area contributed by atoms with Crippen LogP contribution < -0.4 is 10.2 Å². The van der Waals surface area contributed by atoms with Crippen LogP contribution in [0, 0.1) is 0 Å². The fourth-order valence-corrected chi connectivity index (χ4v) is 5.15. The highest BCUT2D eigenvalue weighted by Gasteiger charge is 2.32. The molecule has 2 aliphatic heterocycles. The molecule has 0 unspecified atom stereocenters. The summed E-state index contributed by atoms with van der Waals surface area (Å²) in [6.45, 7) is 2.87. The highest BCUT2D eigenvalue weighted by atomic mass is 32.2. The van der Waals surface area contributed by atoms with Crippen LogP contribution in [0.1, 0.15) is 54.9 Å². The number of benzene rings is 2. The Kier molecular flexibility index (Phi) is 5.41. The molecule has 152 valence electrons. The maximum atomic E-state index is 12.7. The van der Waals surface area contributed by atoms with Gasteiger partial charge < -0.3 is 10.2 Å². The molecule has 0 aliphatic carbocycles. The standard InChI is InChI=1S/C22H25N3O3S/c1-2-6-16-8-11-18(12-9-16)23-22(26)17-10-13-19-20(15-17)29(27,28)24-21-7-4-3-5-14-25(19)21/h8-13,15H,2-7,14H2,1H3,(H,23,26). The van der Waals surface area contributed by atoms with Gasteiger partial charge >= 0.3 is 0 Å². The monoisotopic (exact) mass is 411 g/mol. The van der Waals surface area contributed by atoms with Crippen molar-refractivity contribution in [1.29, 1.82) is 0 Å². The van der Waals surface area contributed by atoms with Gasteiger partial charge in [-0.2, -0.15) is 8.42 Å². The molecule has 7 heteroatoms. The summed E-state index contributed by atoms with van der Waals surface area (Å²) in [5.74, 6) is 0.274. The third-order valence-corrected chi connectivity index (χ3v) is 6.69. The highest BCUT2D eigenvalue weighted by molar-refractivity contribution is 7.90. The first kappa shape index (κ1) is 19.6. The quantitative estimate of drug-likeness (QED) is 0.810. The summed E-state index contributed by atoms with van der Waals surface area (Å²) in [6.07, 6.45) is 5.72. The summed E-state index contributed by atoms with van der Waals surface area (Å²) >= 11 is 0. The van der Waals surface area contributed by atoms with E-state index in [1.807, 2.05) is 29.2 Å². The number of aryl methyl sites for hydroxylation is 1. The normalized spacial score (nSPS) is 17.6. The maximum Gasteiger partial charge on any atom is 0.286 e. The number of carbonyl (C=O) groups excluding carboxylic acids is 1. The van der Waals surface area contributed by atoms with Gasteiger partial charge in [-0.15, -0.1) is 4.40 Å². The van der Waals surface area contributed by atoms with Gasteiger partial charge in [0.2, 0.25) is 0 Å². The summed E-state index contributed by atoms with van der Waals surface area (Å²) in [6, 6.07) is 12.6. The Morgan fingerprint density at radius 3 is 2.66 bits per heavy atom. The maximum absolute atomic E-state index is 12.7. The predicted molar refractivity (Wildman–Crippen MR) is 115 cm³/mol. The van der Waals surface area contributed by atoms with Gasteiger partial charge in [0, 0.05) is 24.2 Å². The lowest BCUT2D eigenvalue weighted by Gasteiger charge is -2.29. The number of sulfonamides is 1. The molecule has 0 atom stereocenters. The van der Waals surface area contributed by atoms with Crippen molar-refractivity contribution >= 4 is 33.1 Å². The van der Waals surface area contributed by atoms with Crippen LogP contribution in [-0.2, 0) is 16.4 Å². The molecule has 0 radical (unpaired) electrons. The number of hydrogen-bond donors (Lipinski definition) is 1. The Bertz CT molecular complexity index is 1060. The van der Waals surface area contributed by atoms with Crippen molar-refractivity contribution in [2.45, 2.75) is 50.3 Å². The minimum atomic E-state index is -3.80. The summed E-state index contributed by atoms with van der Waals surface area (Å²) in [4.78, 5) is 14.8. The molecule has 0 saturated carbocycles. The molecule has 0 spiro atoms. The van der Waals surface area contributed by atoms with Gasteiger partial charge in [0.25, 0.3) is 15.9 Å². The van der Waals surface area contributed by atoms with Crippen LogP contribution in [0.3, 0.4) is 0 Å². The number of nitrogens with one attached hydrogen (secondary N) is 1. The number of amidine groups is 1. The molecule has 6 nitrogen and oxygen atoms in total. The van der Waals surface area contributed by atoms with Gasteiger partial charge in [0.15, 0.2) is 0 Å². The van der Waals surface area contributed by atoms with Gasteiger partial charge in [-0.3, -0.25) is 4.79 Å². The van der Waals surface area contributed by atoms with Crippen molar-refractivity contribution < 1.29 is 13.2 Å². The van der Waals surface area contributed by atoms with E-state index in [1.54, 1.807) is 12.1 Å². The largest absolute Gasteiger partial charge is 0.328 e. The van der Waals surface area contributed by atoms with E-state index in [2.05, 4.69) is 16.6 Å². The van der Waals surface area contributed by atoms with E-state index in [0.717, 1.165) is 38.6 Å². The molecule has 2 heterocycles. The van der Waals surface area contributed by atoms with E-state index in [1.165, 1.54) is 11.6 Å². The molecular formula is C22H25N3O3S. The van der Waals surface area contributed by atoms with Gasteiger partial charge in [-0.1, -0.05) is 31.9 Å². The average Bonchev–Trinajstić information content (AvgIpc) is 2.94. The minimum Gasteiger partial charge on any atom is -0.328 e. The second-order valence-corrected chi connectivity index (χ2v) is 9.10. The summed E-state index contributed by atoms with van der Waals surface area (Å²) in [5, 5.41) is 2.84. The fraction of sp³-hybridized carbons (Fsp3) is 0.364. The first-order valence-electron chi connectivity index (χ1n) is 10.1. The van der Waals surface area contributed by atoms with Gasteiger partial charge in [-0.05, 0) is 55.2 Å². The Morgan fingerprint density at radius 1 is 1.10 bits per heavy atom. The SMILES string of the molecule is CCCc1ccc(NC(=O)c2ccc3c(c2)S(=O)(=O)N=C2CCCCCN23)cc1. The zero-order valence-electron chi connectivity index (χ0n) is 16.5. The van der Waals surface area contributed by atoms with E-state index in [-0.39, 0.29) is 10.8 Å². The second-order valence-electron chi connectivity index (χ2n) is 7.53. The van der Waals surface area contributed by atoms with Crippen molar-refractivity contribution in [3.63, 3.8) is 0 Å². The summed E-state index contributed by atoms with van der Waals surface area (Å²) in [7, 11) is -3.80. The van der Waals surface area contributed by atoms with Crippen LogP contribution in [-0.4, -0.2) is 26.7 Å². The van der Waals surface area contributed by atoms with Crippen LogP contribution in [0.15, 0.2) is 51.8 Å². The number of anilines is 2. The van der Waals surface area contributed by atoms with Crippen LogP contribution in [0.5, 0.6) is 0 Å². The zero-order valence-corrected chi connectivity index (χ0v) is 17.3. The van der Waals surface area contributed by atoms with Crippen molar-refractivity contribution in [2.75, 3.05) is 16.8 Å². The first-order chi connectivity index (χ1) is 14.0. The van der Waals surface area contributed by atoms with Gasteiger partial charge in [0.05, 0.1) is 5.69 Å². The van der Waals surface area contributed by atoms with E-state index < -0.39 is 10.0 Å². The lowest BCUT2D eigenvalue weighted by Crippen LogP contribution is -2.35. The van der Waals surface area contributed by atoms with Gasteiger partial charge in [-0.25, -0.2) is 0 Å². The predicted octanol–water partition coefficient (Wildman–Crippen LogP) is 4.37. The first-order valence-corrected chi connectivity index (χ1v) is 11.6. The van der Waals surface area contributed by atoms with E-state index in [9.17, 15) is 13.2 Å². The third-order valence-electron chi connectivity index (χ3n) is 5.36. The lowest BCUT2D eigenvalue weighted by molar-refractivity contribution is 0.102. The van der Waals surface area contributed by atoms with Crippen molar-refractivity contribution in [1.82, 2.24) is 0 Å². The number of rotatable bonds is 4. The summed E-state index contributed by atoms with van der Waals surface area (Å²) in [5.41, 5.74) is 2.83. The third kappa shape index (κ3) is 4.05. The smallest absolute Gasteiger partial charge is 0.286 e. The van der Waals surface area contributed by atoms with Crippen LogP contribution in [0.2, 0.25) is 0 Å².